The van der Waals surface area contributed by atoms with Crippen molar-refractivity contribution in [1.82, 2.24) is 4.90 Å². The molecule has 0 aromatic heterocycles. The number of hydrogen-bond donors (Lipinski definition) is 2. The lowest BCUT2D eigenvalue weighted by molar-refractivity contribution is 0.196. The molecule has 2 aromatic rings. The SMILES string of the molecule is COc1cc(N[C@H]2CCCN(C(=O)Nc3ccc(C#N)cc3)C2)cc(OC)c1. The van der Waals surface area contributed by atoms with E-state index in [1.165, 1.54) is 0 Å². The number of amides is 2. The summed E-state index contributed by atoms with van der Waals surface area (Å²) in [5.41, 5.74) is 2.14. The highest BCUT2D eigenvalue weighted by Gasteiger charge is 2.24. The van der Waals surface area contributed by atoms with E-state index in [-0.39, 0.29) is 12.1 Å². The standard InChI is InChI=1S/C21H24N4O3/c1-27-19-10-18(11-20(12-19)28-2)23-17-4-3-9-25(14-17)21(26)24-16-7-5-15(13-22)6-8-16/h5-8,10-12,17,23H,3-4,9,14H2,1-2H3,(H,24,26)/t17-/m0/s1. The normalized spacial score (nSPS) is 16.0. The third kappa shape index (κ3) is 4.86. The molecule has 1 aliphatic rings. The number of rotatable bonds is 5. The summed E-state index contributed by atoms with van der Waals surface area (Å²) in [6.07, 6.45) is 1.89. The fourth-order valence-electron chi connectivity index (χ4n) is 3.24. The van der Waals surface area contributed by atoms with Gasteiger partial charge in [-0.15, -0.1) is 0 Å². The number of likely N-dealkylation sites (tertiary alicyclic amines) is 1. The van der Waals surface area contributed by atoms with Gasteiger partial charge in [-0.1, -0.05) is 0 Å². The number of methoxy groups -OCH3 is 2. The molecule has 2 N–H and O–H groups in total. The first-order valence-electron chi connectivity index (χ1n) is 9.17. The van der Waals surface area contributed by atoms with Crippen LogP contribution in [0.3, 0.4) is 0 Å². The van der Waals surface area contributed by atoms with Gasteiger partial charge >= 0.3 is 6.03 Å². The molecule has 28 heavy (non-hydrogen) atoms. The molecule has 1 heterocycles. The lowest BCUT2D eigenvalue weighted by atomic mass is 10.1. The van der Waals surface area contributed by atoms with Crippen LogP contribution < -0.4 is 20.1 Å². The smallest absolute Gasteiger partial charge is 0.321 e. The Hall–Kier alpha value is -3.40. The summed E-state index contributed by atoms with van der Waals surface area (Å²) in [5.74, 6) is 1.43. The lowest BCUT2D eigenvalue weighted by Crippen LogP contribution is -2.46. The number of nitriles is 1. The molecule has 2 aromatic carbocycles. The van der Waals surface area contributed by atoms with Crippen LogP contribution >= 0.6 is 0 Å². The second-order valence-corrected chi connectivity index (χ2v) is 6.65. The van der Waals surface area contributed by atoms with Crippen LogP contribution in [0.2, 0.25) is 0 Å². The average Bonchev–Trinajstić information content (AvgIpc) is 2.74. The summed E-state index contributed by atoms with van der Waals surface area (Å²) < 4.78 is 10.6. The fraction of sp³-hybridized carbons (Fsp3) is 0.333. The highest BCUT2D eigenvalue weighted by Crippen LogP contribution is 2.27. The van der Waals surface area contributed by atoms with Crippen LogP contribution in [-0.2, 0) is 0 Å². The van der Waals surface area contributed by atoms with Gasteiger partial charge in [-0.25, -0.2) is 4.79 Å². The number of ether oxygens (including phenoxy) is 2. The number of hydrogen-bond acceptors (Lipinski definition) is 5. The van der Waals surface area contributed by atoms with Crippen molar-refractivity contribution in [3.8, 4) is 17.6 Å². The van der Waals surface area contributed by atoms with Crippen molar-refractivity contribution >= 4 is 17.4 Å². The highest BCUT2D eigenvalue weighted by molar-refractivity contribution is 5.89. The Morgan fingerprint density at radius 3 is 2.39 bits per heavy atom. The minimum Gasteiger partial charge on any atom is -0.497 e. The van der Waals surface area contributed by atoms with Gasteiger partial charge in [0.05, 0.1) is 25.9 Å². The molecule has 0 bridgehead atoms. The number of nitrogens with one attached hydrogen (secondary N) is 2. The van der Waals surface area contributed by atoms with Gasteiger partial charge < -0.3 is 25.0 Å². The first-order valence-corrected chi connectivity index (χ1v) is 9.17. The van der Waals surface area contributed by atoms with E-state index >= 15 is 0 Å². The van der Waals surface area contributed by atoms with E-state index in [0.717, 1.165) is 18.5 Å². The van der Waals surface area contributed by atoms with Gasteiger partial charge in [0.25, 0.3) is 0 Å². The molecule has 0 radical (unpaired) electrons. The maximum atomic E-state index is 12.6. The van der Waals surface area contributed by atoms with Crippen molar-refractivity contribution in [2.45, 2.75) is 18.9 Å². The number of benzene rings is 2. The van der Waals surface area contributed by atoms with Crippen molar-refractivity contribution in [1.29, 1.82) is 5.26 Å². The van der Waals surface area contributed by atoms with Crippen molar-refractivity contribution < 1.29 is 14.3 Å². The molecule has 1 aliphatic heterocycles. The molecule has 0 saturated carbocycles. The second kappa shape index (κ2) is 9.00. The topological polar surface area (TPSA) is 86.6 Å². The predicted molar refractivity (Wildman–Crippen MR) is 108 cm³/mol. The molecular weight excluding hydrogens is 356 g/mol. The Labute approximate surface area is 164 Å². The minimum atomic E-state index is -0.139. The highest BCUT2D eigenvalue weighted by atomic mass is 16.5. The molecule has 2 amide bonds. The van der Waals surface area contributed by atoms with Gasteiger partial charge in [0.2, 0.25) is 0 Å². The third-order valence-corrected chi connectivity index (χ3v) is 4.70. The van der Waals surface area contributed by atoms with Crippen molar-refractivity contribution in [3.05, 3.63) is 48.0 Å². The van der Waals surface area contributed by atoms with Crippen LogP contribution in [0.5, 0.6) is 11.5 Å². The first-order chi connectivity index (χ1) is 13.6. The Morgan fingerprint density at radius 1 is 1.11 bits per heavy atom. The van der Waals surface area contributed by atoms with Gasteiger partial charge in [-0.2, -0.15) is 5.26 Å². The number of urea groups is 1. The molecule has 1 saturated heterocycles. The van der Waals surface area contributed by atoms with E-state index in [1.807, 2.05) is 18.2 Å². The van der Waals surface area contributed by atoms with Gasteiger partial charge in [0, 0.05) is 48.7 Å². The minimum absolute atomic E-state index is 0.136. The third-order valence-electron chi connectivity index (χ3n) is 4.70. The number of nitrogens with zero attached hydrogens (tertiary/aromatic N) is 2. The summed E-state index contributed by atoms with van der Waals surface area (Å²) in [6.45, 7) is 1.31. The van der Waals surface area contributed by atoms with E-state index in [1.54, 1.807) is 43.4 Å². The van der Waals surface area contributed by atoms with Crippen LogP contribution in [0.15, 0.2) is 42.5 Å². The first kappa shape index (κ1) is 19.4. The Bertz CT molecular complexity index is 839. The van der Waals surface area contributed by atoms with Crippen LogP contribution in [0.4, 0.5) is 16.2 Å². The molecule has 7 nitrogen and oxygen atoms in total. The fourth-order valence-corrected chi connectivity index (χ4v) is 3.24. The summed E-state index contributed by atoms with van der Waals surface area (Å²) in [7, 11) is 3.24. The van der Waals surface area contributed by atoms with Crippen LogP contribution in [0.1, 0.15) is 18.4 Å². The summed E-state index contributed by atoms with van der Waals surface area (Å²) in [6, 6.07) is 14.6. The Morgan fingerprint density at radius 2 is 1.79 bits per heavy atom. The van der Waals surface area contributed by atoms with Crippen LogP contribution in [0, 0.1) is 11.3 Å². The Kier molecular flexibility index (Phi) is 6.22. The maximum absolute atomic E-state index is 12.6. The average molecular weight is 380 g/mol. The molecular formula is C21H24N4O3. The van der Waals surface area contributed by atoms with Gasteiger partial charge in [-0.05, 0) is 37.1 Å². The molecule has 0 spiro atoms. The van der Waals surface area contributed by atoms with Gasteiger partial charge in [0.15, 0.2) is 0 Å². The van der Waals surface area contributed by atoms with E-state index in [2.05, 4.69) is 16.7 Å². The number of anilines is 2. The van der Waals surface area contributed by atoms with Crippen molar-refractivity contribution in [2.24, 2.45) is 0 Å². The Balaban J connectivity index is 1.61. The molecule has 0 unspecified atom stereocenters. The van der Waals surface area contributed by atoms with E-state index < -0.39 is 0 Å². The maximum Gasteiger partial charge on any atom is 0.321 e. The zero-order chi connectivity index (χ0) is 19.9. The number of piperidine rings is 1. The number of carbonyl (C=O) groups is 1. The molecule has 1 atom stereocenters. The lowest BCUT2D eigenvalue weighted by Gasteiger charge is -2.33. The summed E-state index contributed by atoms with van der Waals surface area (Å²) >= 11 is 0. The second-order valence-electron chi connectivity index (χ2n) is 6.65. The number of carbonyl (C=O) groups excluding carboxylic acids is 1. The van der Waals surface area contributed by atoms with Crippen molar-refractivity contribution in [3.63, 3.8) is 0 Å². The van der Waals surface area contributed by atoms with Gasteiger partial charge in [-0.3, -0.25) is 0 Å². The van der Waals surface area contributed by atoms with E-state index in [0.29, 0.717) is 35.8 Å². The zero-order valence-corrected chi connectivity index (χ0v) is 16.1. The largest absolute Gasteiger partial charge is 0.497 e. The zero-order valence-electron chi connectivity index (χ0n) is 16.1. The molecule has 146 valence electrons. The quantitative estimate of drug-likeness (QED) is 0.826. The summed E-state index contributed by atoms with van der Waals surface area (Å²) in [4.78, 5) is 14.4. The van der Waals surface area contributed by atoms with Crippen LogP contribution in [0.25, 0.3) is 0 Å². The summed E-state index contributed by atoms with van der Waals surface area (Å²) in [5, 5.41) is 15.2. The van der Waals surface area contributed by atoms with Gasteiger partial charge in [0.1, 0.15) is 11.5 Å². The van der Waals surface area contributed by atoms with E-state index in [9.17, 15) is 4.79 Å². The molecule has 3 rings (SSSR count). The van der Waals surface area contributed by atoms with E-state index in [4.69, 9.17) is 14.7 Å². The molecule has 7 heteroatoms. The monoisotopic (exact) mass is 380 g/mol. The molecule has 1 fully saturated rings. The van der Waals surface area contributed by atoms with Crippen LogP contribution in [-0.4, -0.2) is 44.3 Å². The molecule has 0 aliphatic carbocycles. The predicted octanol–water partition coefficient (Wildman–Crippen LogP) is 3.68. The van der Waals surface area contributed by atoms with Crippen molar-refractivity contribution in [2.75, 3.05) is 37.9 Å².